The quantitative estimate of drug-likeness (QED) is 0.372. The molecule has 0 aromatic heterocycles. The number of hydrogen-bond acceptors (Lipinski definition) is 1. The lowest BCUT2D eigenvalue weighted by Crippen LogP contribution is -3.00. The van der Waals surface area contributed by atoms with E-state index in [0.717, 1.165) is 18.4 Å². The lowest BCUT2D eigenvalue weighted by molar-refractivity contribution is -0.953. The maximum Gasteiger partial charge on any atom is 0.115 e. The van der Waals surface area contributed by atoms with Crippen molar-refractivity contribution in [3.05, 3.63) is 0 Å². The Morgan fingerprint density at radius 3 is 2.36 bits per heavy atom. The van der Waals surface area contributed by atoms with Gasteiger partial charge in [-0.1, -0.05) is 46.0 Å². The predicted octanol–water partition coefficient (Wildman–Crippen LogP) is 2.56. The molecule has 0 spiro atoms. The van der Waals surface area contributed by atoms with Crippen molar-refractivity contribution in [1.82, 2.24) is 0 Å². The van der Waals surface area contributed by atoms with Gasteiger partial charge >= 0.3 is 0 Å². The van der Waals surface area contributed by atoms with Gasteiger partial charge in [0.25, 0.3) is 0 Å². The number of rotatable bonds is 11. The molecular formula is C22H42BrNO. The molecule has 0 radical (unpaired) electrons. The van der Waals surface area contributed by atoms with E-state index in [1.807, 2.05) is 0 Å². The molecule has 0 amide bonds. The van der Waals surface area contributed by atoms with Gasteiger partial charge in [-0.3, -0.25) is 0 Å². The van der Waals surface area contributed by atoms with Crippen LogP contribution >= 0.6 is 0 Å². The van der Waals surface area contributed by atoms with Gasteiger partial charge < -0.3 is 26.2 Å². The zero-order valence-corrected chi connectivity index (χ0v) is 18.7. The van der Waals surface area contributed by atoms with Gasteiger partial charge in [0, 0.05) is 24.9 Å². The van der Waals surface area contributed by atoms with E-state index >= 15 is 0 Å². The summed E-state index contributed by atoms with van der Waals surface area (Å²) in [6, 6.07) is 0. The van der Waals surface area contributed by atoms with Crippen molar-refractivity contribution >= 4 is 0 Å². The van der Waals surface area contributed by atoms with Crippen molar-refractivity contribution in [3.8, 4) is 0 Å². The lowest BCUT2D eigenvalue weighted by atomic mass is 9.83. The highest BCUT2D eigenvalue weighted by molar-refractivity contribution is 5.08. The summed E-state index contributed by atoms with van der Waals surface area (Å²) >= 11 is 0. The van der Waals surface area contributed by atoms with Crippen LogP contribution in [0.2, 0.25) is 0 Å². The van der Waals surface area contributed by atoms with Gasteiger partial charge in [0.1, 0.15) is 18.2 Å². The third kappa shape index (κ3) is 3.99. The molecule has 2 aliphatic heterocycles. The molecule has 1 saturated carbocycles. The van der Waals surface area contributed by atoms with Gasteiger partial charge in [0.15, 0.2) is 0 Å². The minimum absolute atomic E-state index is 0. The Balaban J connectivity index is 0.00000225. The Morgan fingerprint density at radius 1 is 0.920 bits per heavy atom. The highest BCUT2D eigenvalue weighted by Gasteiger charge is 2.70. The zero-order valence-electron chi connectivity index (χ0n) is 17.1. The van der Waals surface area contributed by atoms with E-state index in [0.29, 0.717) is 11.6 Å². The zero-order chi connectivity index (χ0) is 17.0. The summed E-state index contributed by atoms with van der Waals surface area (Å²) in [6.45, 7) is 12.5. The molecule has 0 bridgehead atoms. The second-order valence-corrected chi connectivity index (χ2v) is 9.20. The van der Waals surface area contributed by atoms with Crippen LogP contribution in [0.4, 0.5) is 0 Å². The Morgan fingerprint density at radius 2 is 1.64 bits per heavy atom. The van der Waals surface area contributed by atoms with Crippen LogP contribution in [0, 0.1) is 11.8 Å². The first kappa shape index (κ1) is 21.7. The Labute approximate surface area is 167 Å². The van der Waals surface area contributed by atoms with Gasteiger partial charge in [-0.2, -0.15) is 0 Å². The molecule has 2 nitrogen and oxygen atoms in total. The van der Waals surface area contributed by atoms with Gasteiger partial charge in [-0.15, -0.1) is 0 Å². The van der Waals surface area contributed by atoms with Crippen LogP contribution in [0.5, 0.6) is 0 Å². The molecule has 3 aliphatic rings. The lowest BCUT2D eigenvalue weighted by Gasteiger charge is -2.44. The van der Waals surface area contributed by atoms with Gasteiger partial charge in [-0.05, 0) is 39.0 Å². The largest absolute Gasteiger partial charge is 1.00 e. The molecule has 0 unspecified atom stereocenters. The maximum absolute atomic E-state index is 6.52. The van der Waals surface area contributed by atoms with Crippen molar-refractivity contribution in [2.75, 3.05) is 26.2 Å². The SMILES string of the molecule is CCCCCCO[C@H]1C[N@+]2(CCCCCC)CC[C@@H]3CC[C@H]1[C@@]32C.[Br-]. The fraction of sp³-hybridized carbons (Fsp3) is 1.00. The molecule has 2 saturated heterocycles. The summed E-state index contributed by atoms with van der Waals surface area (Å²) in [4.78, 5) is 0. The van der Waals surface area contributed by atoms with Crippen LogP contribution < -0.4 is 17.0 Å². The minimum atomic E-state index is 0. The third-order valence-electron chi connectivity index (χ3n) is 8.08. The van der Waals surface area contributed by atoms with Crippen molar-refractivity contribution in [2.45, 2.75) is 103 Å². The number of quaternary nitrogens is 1. The van der Waals surface area contributed by atoms with Crippen LogP contribution in [0.1, 0.15) is 91.4 Å². The first-order valence-corrected chi connectivity index (χ1v) is 11.2. The molecule has 2 heterocycles. The summed E-state index contributed by atoms with van der Waals surface area (Å²) in [6.07, 6.45) is 15.9. The molecule has 0 aromatic rings. The van der Waals surface area contributed by atoms with Crippen LogP contribution in [-0.2, 0) is 4.74 Å². The molecular weight excluding hydrogens is 374 g/mol. The Bertz CT molecular complexity index is 403. The average Bonchev–Trinajstić information content (AvgIpc) is 3.14. The summed E-state index contributed by atoms with van der Waals surface area (Å²) in [5.74, 6) is 1.84. The predicted molar refractivity (Wildman–Crippen MR) is 102 cm³/mol. The monoisotopic (exact) mass is 415 g/mol. The number of halogens is 1. The standard InChI is InChI=1S/C22H42NO.BrH/c1-4-6-8-10-15-23-16-14-19-12-13-20(22(19,23)3)21(18-23)24-17-11-9-7-5-2;/h19-21H,4-18H2,1-3H3;1H/q+1;/p-1/t19-,20+,21-,22+,23-;/m0./s1. The second-order valence-electron chi connectivity index (χ2n) is 9.20. The number of ether oxygens (including phenoxy) is 1. The number of hydrogen-bond donors (Lipinski definition) is 0. The van der Waals surface area contributed by atoms with Crippen molar-refractivity contribution in [2.24, 2.45) is 11.8 Å². The van der Waals surface area contributed by atoms with E-state index in [4.69, 9.17) is 4.74 Å². The van der Waals surface area contributed by atoms with Crippen molar-refractivity contribution < 1.29 is 26.2 Å². The number of unbranched alkanes of at least 4 members (excludes halogenated alkanes) is 6. The smallest absolute Gasteiger partial charge is 0.115 e. The highest BCUT2D eigenvalue weighted by Crippen LogP contribution is 2.60. The van der Waals surface area contributed by atoms with Gasteiger partial charge in [-0.25, -0.2) is 0 Å². The summed E-state index contributed by atoms with van der Waals surface area (Å²) in [5, 5.41) is 0. The normalized spacial score (nSPS) is 38.8. The first-order valence-electron chi connectivity index (χ1n) is 11.2. The van der Waals surface area contributed by atoms with E-state index in [-0.39, 0.29) is 17.0 Å². The van der Waals surface area contributed by atoms with E-state index in [1.54, 1.807) is 0 Å². The van der Waals surface area contributed by atoms with E-state index in [2.05, 4.69) is 20.8 Å². The maximum atomic E-state index is 6.52. The first-order chi connectivity index (χ1) is 11.7. The fourth-order valence-corrected chi connectivity index (χ4v) is 6.63. The van der Waals surface area contributed by atoms with Crippen LogP contribution in [-0.4, -0.2) is 42.4 Å². The molecule has 3 heteroatoms. The van der Waals surface area contributed by atoms with E-state index in [1.165, 1.54) is 94.7 Å². The van der Waals surface area contributed by atoms with E-state index in [9.17, 15) is 0 Å². The molecule has 1 aliphatic carbocycles. The highest BCUT2D eigenvalue weighted by atomic mass is 79.9. The topological polar surface area (TPSA) is 9.23 Å². The Kier molecular flexibility index (Phi) is 8.29. The molecule has 0 N–H and O–H groups in total. The summed E-state index contributed by atoms with van der Waals surface area (Å²) in [5.41, 5.74) is 0.556. The number of nitrogens with zero attached hydrogens (tertiary/aromatic N) is 1. The third-order valence-corrected chi connectivity index (χ3v) is 8.08. The van der Waals surface area contributed by atoms with Crippen LogP contribution in [0.25, 0.3) is 0 Å². The van der Waals surface area contributed by atoms with E-state index < -0.39 is 0 Å². The second kappa shape index (κ2) is 9.55. The average molecular weight is 416 g/mol. The van der Waals surface area contributed by atoms with Gasteiger partial charge in [0.05, 0.1) is 13.1 Å². The van der Waals surface area contributed by atoms with Crippen LogP contribution in [0.3, 0.4) is 0 Å². The summed E-state index contributed by atoms with van der Waals surface area (Å²) < 4.78 is 7.94. The fourth-order valence-electron chi connectivity index (χ4n) is 6.63. The molecule has 25 heavy (non-hydrogen) atoms. The minimum Gasteiger partial charge on any atom is -1.00 e. The van der Waals surface area contributed by atoms with Crippen molar-refractivity contribution in [3.63, 3.8) is 0 Å². The van der Waals surface area contributed by atoms with Gasteiger partial charge in [0.2, 0.25) is 0 Å². The summed E-state index contributed by atoms with van der Waals surface area (Å²) in [7, 11) is 0. The Hall–Kier alpha value is 0.400. The van der Waals surface area contributed by atoms with Crippen molar-refractivity contribution in [1.29, 1.82) is 0 Å². The molecule has 3 fully saturated rings. The molecule has 5 atom stereocenters. The molecule has 0 aromatic carbocycles. The molecule has 148 valence electrons. The molecule has 3 rings (SSSR count). The van der Waals surface area contributed by atoms with Crippen LogP contribution in [0.15, 0.2) is 0 Å².